The highest BCUT2D eigenvalue weighted by Gasteiger charge is 2.32. The minimum Gasteiger partial charge on any atom is -0.381 e. The van der Waals surface area contributed by atoms with Crippen molar-refractivity contribution in [2.24, 2.45) is 0 Å². The van der Waals surface area contributed by atoms with Crippen molar-refractivity contribution < 1.29 is 4.74 Å². The van der Waals surface area contributed by atoms with Gasteiger partial charge in [-0.1, -0.05) is 11.6 Å². The van der Waals surface area contributed by atoms with Gasteiger partial charge in [0.2, 0.25) is 0 Å². The van der Waals surface area contributed by atoms with Crippen molar-refractivity contribution in [1.29, 1.82) is 0 Å². The molecule has 0 spiro atoms. The minimum absolute atomic E-state index is 0.346. The van der Waals surface area contributed by atoms with Crippen LogP contribution in [0.2, 0.25) is 5.02 Å². The number of aromatic nitrogens is 3. The van der Waals surface area contributed by atoms with E-state index in [9.17, 15) is 0 Å². The van der Waals surface area contributed by atoms with Gasteiger partial charge in [-0.25, -0.2) is 4.98 Å². The molecule has 0 aliphatic heterocycles. The monoisotopic (exact) mass is 269 g/mol. The van der Waals surface area contributed by atoms with Gasteiger partial charge in [-0.05, 0) is 31.1 Å². The van der Waals surface area contributed by atoms with Crippen LogP contribution in [0.15, 0.2) is 12.3 Å². The largest absolute Gasteiger partial charge is 0.381 e. The number of methoxy groups -OCH3 is 1. The van der Waals surface area contributed by atoms with Gasteiger partial charge in [-0.2, -0.15) is 0 Å². The van der Waals surface area contributed by atoms with E-state index in [4.69, 9.17) is 28.6 Å². The molecule has 1 N–H and O–H groups in total. The molecule has 2 aromatic rings. The summed E-state index contributed by atoms with van der Waals surface area (Å²) in [4.78, 5) is 7.49. The summed E-state index contributed by atoms with van der Waals surface area (Å²) < 4.78 is 8.06. The summed E-state index contributed by atoms with van der Waals surface area (Å²) >= 11 is 11.2. The molecule has 0 radical (unpaired) electrons. The fourth-order valence-corrected chi connectivity index (χ4v) is 2.77. The Morgan fingerprint density at radius 2 is 2.35 bits per heavy atom. The van der Waals surface area contributed by atoms with Crippen molar-refractivity contribution >= 4 is 35.0 Å². The molecule has 6 heteroatoms. The molecule has 3 rings (SSSR count). The van der Waals surface area contributed by atoms with E-state index in [0.717, 1.165) is 24.0 Å². The summed E-state index contributed by atoms with van der Waals surface area (Å²) in [6, 6.07) is 2.23. The molecule has 0 bridgehead atoms. The summed E-state index contributed by atoms with van der Waals surface area (Å²) in [5.41, 5.74) is 1.77. The van der Waals surface area contributed by atoms with E-state index in [1.807, 2.05) is 6.07 Å². The van der Waals surface area contributed by atoms with Gasteiger partial charge < -0.3 is 9.72 Å². The second-order valence-corrected chi connectivity index (χ2v) is 5.13. The molecular formula is C11H12ClN3OS. The van der Waals surface area contributed by atoms with Gasteiger partial charge in [0.15, 0.2) is 10.4 Å². The molecule has 2 aromatic heterocycles. The second-order valence-electron chi connectivity index (χ2n) is 4.31. The predicted octanol–water partition coefficient (Wildman–Crippen LogP) is 3.10. The fraction of sp³-hybridized carbons (Fsp3) is 0.455. The van der Waals surface area contributed by atoms with Crippen molar-refractivity contribution in [3.05, 3.63) is 22.1 Å². The maximum atomic E-state index is 5.91. The van der Waals surface area contributed by atoms with E-state index in [-0.39, 0.29) is 0 Å². The molecule has 2 heterocycles. The summed E-state index contributed by atoms with van der Waals surface area (Å²) in [7, 11) is 1.74. The van der Waals surface area contributed by atoms with Crippen molar-refractivity contribution in [3.8, 4) is 0 Å². The van der Waals surface area contributed by atoms with E-state index in [1.54, 1.807) is 13.3 Å². The Kier molecular flexibility index (Phi) is 2.69. The molecule has 0 atom stereocenters. The third-order valence-corrected chi connectivity index (χ3v) is 3.80. The van der Waals surface area contributed by atoms with Crippen molar-refractivity contribution in [3.63, 3.8) is 0 Å². The standard InChI is InChI=1S/C11H12ClN3OS/c1-16-8-3-7(4-8)15-10-9(14-11(15)17)2-6(12)5-13-10/h2,5,7-8H,3-4H2,1H3,(H,14,17). The lowest BCUT2D eigenvalue weighted by atomic mass is 9.89. The molecular weight excluding hydrogens is 258 g/mol. The lowest BCUT2D eigenvalue weighted by Gasteiger charge is -2.34. The number of pyridine rings is 1. The third-order valence-electron chi connectivity index (χ3n) is 3.29. The lowest BCUT2D eigenvalue weighted by molar-refractivity contribution is 0.00683. The van der Waals surface area contributed by atoms with Crippen molar-refractivity contribution in [2.75, 3.05) is 7.11 Å². The third kappa shape index (κ3) is 1.78. The van der Waals surface area contributed by atoms with Crippen LogP contribution in [0.1, 0.15) is 18.9 Å². The summed E-state index contributed by atoms with van der Waals surface area (Å²) in [5.74, 6) is 0. The predicted molar refractivity (Wildman–Crippen MR) is 69.0 cm³/mol. The maximum Gasteiger partial charge on any atom is 0.179 e. The Balaban J connectivity index is 2.05. The molecule has 17 heavy (non-hydrogen) atoms. The molecule has 1 aliphatic carbocycles. The highest BCUT2D eigenvalue weighted by atomic mass is 35.5. The number of aromatic amines is 1. The molecule has 4 nitrogen and oxygen atoms in total. The van der Waals surface area contributed by atoms with Gasteiger partial charge >= 0.3 is 0 Å². The zero-order valence-corrected chi connectivity index (χ0v) is 10.9. The first kappa shape index (κ1) is 11.2. The SMILES string of the molecule is COC1CC(n2c(=S)[nH]c3cc(Cl)cnc32)C1. The number of fused-ring (bicyclic) bond motifs is 1. The number of ether oxygens (including phenoxy) is 1. The Bertz CT molecular complexity index is 615. The first-order valence-corrected chi connectivity index (χ1v) is 6.26. The lowest BCUT2D eigenvalue weighted by Crippen LogP contribution is -2.32. The van der Waals surface area contributed by atoms with Crippen LogP contribution in [0.25, 0.3) is 11.2 Å². The molecule has 1 aliphatic rings. The molecule has 1 saturated carbocycles. The number of halogens is 1. The number of rotatable bonds is 2. The van der Waals surface area contributed by atoms with E-state index in [2.05, 4.69) is 14.5 Å². The van der Waals surface area contributed by atoms with Gasteiger partial charge in [-0.3, -0.25) is 4.57 Å². The van der Waals surface area contributed by atoms with Crippen molar-refractivity contribution in [1.82, 2.24) is 14.5 Å². The minimum atomic E-state index is 0.346. The number of nitrogens with zero attached hydrogens (tertiary/aromatic N) is 2. The van der Waals surface area contributed by atoms with Gasteiger partial charge in [0, 0.05) is 19.3 Å². The van der Waals surface area contributed by atoms with Crippen LogP contribution in [0.5, 0.6) is 0 Å². The maximum absolute atomic E-state index is 5.91. The zero-order valence-electron chi connectivity index (χ0n) is 9.31. The van der Waals surface area contributed by atoms with Crippen LogP contribution in [0, 0.1) is 4.77 Å². The second kappa shape index (κ2) is 4.08. The Morgan fingerprint density at radius 1 is 1.59 bits per heavy atom. The average Bonchev–Trinajstić information content (AvgIpc) is 2.53. The van der Waals surface area contributed by atoms with Gasteiger partial charge in [0.1, 0.15) is 0 Å². The molecule has 0 saturated heterocycles. The molecule has 0 unspecified atom stereocenters. The molecule has 0 aromatic carbocycles. The highest BCUT2D eigenvalue weighted by Crippen LogP contribution is 2.36. The summed E-state index contributed by atoms with van der Waals surface area (Å²) in [6.45, 7) is 0. The number of hydrogen-bond acceptors (Lipinski definition) is 3. The van der Waals surface area contributed by atoms with Crippen LogP contribution in [-0.2, 0) is 4.74 Å². The summed E-state index contributed by atoms with van der Waals surface area (Å²) in [6.07, 6.45) is 3.97. The number of imidazole rings is 1. The van der Waals surface area contributed by atoms with E-state index < -0.39 is 0 Å². The van der Waals surface area contributed by atoms with Gasteiger partial charge in [0.05, 0.1) is 16.6 Å². The van der Waals surface area contributed by atoms with Gasteiger partial charge in [-0.15, -0.1) is 0 Å². The molecule has 90 valence electrons. The molecule has 0 amide bonds. The van der Waals surface area contributed by atoms with Crippen LogP contribution >= 0.6 is 23.8 Å². The molecule has 1 fully saturated rings. The van der Waals surface area contributed by atoms with Crippen LogP contribution < -0.4 is 0 Å². The van der Waals surface area contributed by atoms with E-state index >= 15 is 0 Å². The van der Waals surface area contributed by atoms with Gasteiger partial charge in [0.25, 0.3) is 0 Å². The topological polar surface area (TPSA) is 42.8 Å². The quantitative estimate of drug-likeness (QED) is 0.852. The van der Waals surface area contributed by atoms with E-state index in [1.165, 1.54) is 0 Å². The first-order chi connectivity index (χ1) is 8.19. The number of nitrogens with one attached hydrogen (secondary N) is 1. The Morgan fingerprint density at radius 3 is 3.06 bits per heavy atom. The highest BCUT2D eigenvalue weighted by molar-refractivity contribution is 7.71. The van der Waals surface area contributed by atoms with Crippen LogP contribution in [-0.4, -0.2) is 27.7 Å². The Labute approximate surface area is 109 Å². The number of hydrogen-bond donors (Lipinski definition) is 1. The summed E-state index contributed by atoms with van der Waals surface area (Å²) in [5, 5.41) is 0.615. The van der Waals surface area contributed by atoms with Crippen LogP contribution in [0.3, 0.4) is 0 Å². The number of H-pyrrole nitrogens is 1. The smallest absolute Gasteiger partial charge is 0.179 e. The first-order valence-electron chi connectivity index (χ1n) is 5.47. The van der Waals surface area contributed by atoms with Crippen molar-refractivity contribution in [2.45, 2.75) is 25.0 Å². The fourth-order valence-electron chi connectivity index (χ4n) is 2.27. The average molecular weight is 270 g/mol. The van der Waals surface area contributed by atoms with E-state index in [0.29, 0.717) is 21.9 Å². The normalized spacial score (nSPS) is 23.9. The Hall–Kier alpha value is -0.910. The zero-order chi connectivity index (χ0) is 12.0. The van der Waals surface area contributed by atoms with Crippen LogP contribution in [0.4, 0.5) is 0 Å².